The normalized spacial score (nSPS) is 10.7. The molecule has 0 fully saturated rings. The Hall–Kier alpha value is -8.31. The Labute approximate surface area is 412 Å². The topological polar surface area (TPSA) is 11.6 Å². The molecule has 0 aliphatic rings. The fourth-order valence-corrected chi connectivity index (χ4v) is 7.03. The van der Waals surface area contributed by atoms with Gasteiger partial charge in [-0.05, 0) is 98.7 Å². The Morgan fingerprint density at radius 1 is 0.275 bits per heavy atom. The van der Waals surface area contributed by atoms with E-state index >= 15 is 0 Å². The molecule has 3 aromatic heterocycles. The van der Waals surface area contributed by atoms with Crippen molar-refractivity contribution in [2.24, 2.45) is 16.2 Å². The maximum absolute atomic E-state index is 3.49. The molecule has 0 amide bonds. The molecule has 3 heterocycles. The van der Waals surface area contributed by atoms with Crippen LogP contribution in [0.1, 0.15) is 129 Å². The van der Waals surface area contributed by atoms with Crippen molar-refractivity contribution in [3.8, 4) is 71.0 Å². The van der Waals surface area contributed by atoms with Gasteiger partial charge in [0.15, 0.2) is 56.8 Å². The van der Waals surface area contributed by atoms with Gasteiger partial charge < -0.3 is 0 Å². The molecule has 0 atom stereocenters. The van der Waals surface area contributed by atoms with Crippen LogP contribution >= 0.6 is 0 Å². The van der Waals surface area contributed by atoms with Crippen LogP contribution in [-0.2, 0) is 19.6 Å². The van der Waals surface area contributed by atoms with Crippen molar-refractivity contribution in [1.82, 2.24) is 0 Å². The number of nitrogens with zero attached hydrogens (tertiary/aromatic N) is 3. The number of hydrogen-bond acceptors (Lipinski definition) is 0. The lowest BCUT2D eigenvalue weighted by Gasteiger charge is -2.06. The highest BCUT2D eigenvalue weighted by Gasteiger charge is 2.13. The standard InChI is InChI=1S/C66H60N3/c1-64(2,3)34-31-61-40-58(46-67(49-61)43-52-19-13-10-14-20-52)28-25-55-37-56(26-29-59-41-62(32-35-65(4,5)6)50-68(47-59)44-53-21-15-11-16-22-53)39-57(38-55)27-30-60-42-63(33-36-66(7,8)9)51-69(48-60)45-54-23-17-12-18-24-54/h10-24,37-42,46-51H,43-45H2,1-9H3/q+3. The highest BCUT2D eigenvalue weighted by molar-refractivity contribution is 5.56. The molecule has 7 aromatic rings. The lowest BCUT2D eigenvalue weighted by atomic mass is 9.97. The van der Waals surface area contributed by atoms with Crippen LogP contribution in [0.3, 0.4) is 0 Å². The van der Waals surface area contributed by atoms with E-state index in [4.69, 9.17) is 0 Å². The Morgan fingerprint density at radius 3 is 0.710 bits per heavy atom. The fraction of sp³-hybridized carbons (Fsp3) is 0.227. The van der Waals surface area contributed by atoms with E-state index in [-0.39, 0.29) is 16.2 Å². The zero-order valence-corrected chi connectivity index (χ0v) is 41.6. The molecule has 4 aromatic carbocycles. The van der Waals surface area contributed by atoms with E-state index in [9.17, 15) is 0 Å². The first-order chi connectivity index (χ1) is 32.9. The molecule has 0 aliphatic heterocycles. The largest absolute Gasteiger partial charge is 0.198 e. The van der Waals surface area contributed by atoms with E-state index in [2.05, 4.69) is 275 Å². The molecule has 0 N–H and O–H groups in total. The Balaban J connectivity index is 1.33. The van der Waals surface area contributed by atoms with Gasteiger partial charge in [0.2, 0.25) is 0 Å². The average Bonchev–Trinajstić information content (AvgIpc) is 3.30. The quantitative estimate of drug-likeness (QED) is 0.116. The summed E-state index contributed by atoms with van der Waals surface area (Å²) in [5, 5.41) is 0. The molecule has 0 spiro atoms. The van der Waals surface area contributed by atoms with E-state index in [1.54, 1.807) is 0 Å². The molecule has 336 valence electrons. The predicted molar refractivity (Wildman–Crippen MR) is 280 cm³/mol. The summed E-state index contributed by atoms with van der Waals surface area (Å²) >= 11 is 0. The molecule has 0 radical (unpaired) electrons. The first kappa shape index (κ1) is 48.6. The van der Waals surface area contributed by atoms with Crippen LogP contribution in [0.25, 0.3) is 0 Å². The summed E-state index contributed by atoms with van der Waals surface area (Å²) in [4.78, 5) is 0. The number of benzene rings is 4. The van der Waals surface area contributed by atoms with Crippen molar-refractivity contribution in [2.75, 3.05) is 0 Å². The van der Waals surface area contributed by atoms with Gasteiger partial charge in [-0.25, -0.2) is 0 Å². The van der Waals surface area contributed by atoms with Gasteiger partial charge in [0.25, 0.3) is 0 Å². The first-order valence-corrected chi connectivity index (χ1v) is 23.5. The summed E-state index contributed by atoms with van der Waals surface area (Å²) in [6.07, 6.45) is 12.6. The Bertz CT molecular complexity index is 2980. The molecule has 0 aliphatic carbocycles. The van der Waals surface area contributed by atoms with Gasteiger partial charge in [-0.15, -0.1) is 0 Å². The number of aromatic nitrogens is 3. The maximum Gasteiger partial charge on any atom is 0.184 e. The van der Waals surface area contributed by atoms with Crippen molar-refractivity contribution in [3.63, 3.8) is 0 Å². The van der Waals surface area contributed by atoms with Crippen LogP contribution < -0.4 is 13.7 Å². The minimum absolute atomic E-state index is 0.141. The Morgan fingerprint density at radius 2 is 0.478 bits per heavy atom. The molecule has 0 bridgehead atoms. The fourth-order valence-electron chi connectivity index (χ4n) is 7.03. The van der Waals surface area contributed by atoms with Gasteiger partial charge in [0, 0.05) is 49.6 Å². The smallest absolute Gasteiger partial charge is 0.184 e. The van der Waals surface area contributed by atoms with Crippen molar-refractivity contribution < 1.29 is 13.7 Å². The summed E-state index contributed by atoms with van der Waals surface area (Å²) in [5.41, 5.74) is 10.9. The van der Waals surface area contributed by atoms with Crippen molar-refractivity contribution >= 4 is 0 Å². The minimum Gasteiger partial charge on any atom is -0.198 e. The second-order valence-corrected chi connectivity index (χ2v) is 20.5. The number of pyridine rings is 3. The molecular weight excluding hydrogens is 835 g/mol. The SMILES string of the molecule is CC(C)(C)C#Cc1cc(C#Cc2cc(C#Cc3cc(C#CC(C)(C)C)c[n+](Cc4ccccc4)c3)cc(C#Cc3cc(C#CC(C)(C)C)c[n+](Cc4ccccc4)c3)c2)c[n+](Cc2ccccc2)c1. The monoisotopic (exact) mass is 894 g/mol. The van der Waals surface area contributed by atoms with Crippen LogP contribution in [0.4, 0.5) is 0 Å². The average molecular weight is 895 g/mol. The molecule has 69 heavy (non-hydrogen) atoms. The van der Waals surface area contributed by atoms with E-state index in [1.165, 1.54) is 16.7 Å². The molecule has 0 saturated heterocycles. The van der Waals surface area contributed by atoms with Crippen molar-refractivity contribution in [2.45, 2.75) is 81.9 Å². The van der Waals surface area contributed by atoms with Gasteiger partial charge >= 0.3 is 0 Å². The zero-order chi connectivity index (χ0) is 48.9. The summed E-state index contributed by atoms with van der Waals surface area (Å²) in [6, 6.07) is 43.7. The third-order valence-electron chi connectivity index (χ3n) is 10.1. The third-order valence-corrected chi connectivity index (χ3v) is 10.1. The van der Waals surface area contributed by atoms with E-state index < -0.39 is 0 Å². The highest BCUT2D eigenvalue weighted by Crippen LogP contribution is 2.15. The van der Waals surface area contributed by atoms with Crippen LogP contribution in [0.15, 0.2) is 165 Å². The summed E-state index contributed by atoms with van der Waals surface area (Å²) in [7, 11) is 0. The van der Waals surface area contributed by atoms with E-state index in [1.807, 2.05) is 36.4 Å². The second kappa shape index (κ2) is 22.0. The van der Waals surface area contributed by atoms with Crippen LogP contribution in [-0.4, -0.2) is 0 Å². The van der Waals surface area contributed by atoms with Crippen LogP contribution in [0, 0.1) is 87.3 Å². The molecule has 3 nitrogen and oxygen atoms in total. The third kappa shape index (κ3) is 16.8. The van der Waals surface area contributed by atoms with Gasteiger partial charge in [-0.2, -0.15) is 13.7 Å². The predicted octanol–water partition coefficient (Wildman–Crippen LogP) is 11.1. The van der Waals surface area contributed by atoms with E-state index in [0.29, 0.717) is 19.6 Å². The Kier molecular flexibility index (Phi) is 15.5. The number of rotatable bonds is 6. The van der Waals surface area contributed by atoms with Gasteiger partial charge in [-0.1, -0.05) is 162 Å². The summed E-state index contributed by atoms with van der Waals surface area (Å²) in [5.74, 6) is 41.4. The van der Waals surface area contributed by atoms with Crippen LogP contribution in [0.2, 0.25) is 0 Å². The minimum atomic E-state index is -0.141. The lowest BCUT2D eigenvalue weighted by molar-refractivity contribution is -0.688. The van der Waals surface area contributed by atoms with Gasteiger partial charge in [-0.3, -0.25) is 0 Å². The maximum atomic E-state index is 3.49. The van der Waals surface area contributed by atoms with Crippen molar-refractivity contribution in [1.29, 1.82) is 0 Å². The molecule has 7 rings (SSSR count). The van der Waals surface area contributed by atoms with Gasteiger partial charge in [0.05, 0.1) is 33.4 Å². The summed E-state index contributed by atoms with van der Waals surface area (Å²) < 4.78 is 6.50. The highest BCUT2D eigenvalue weighted by atomic mass is 14.9. The first-order valence-electron chi connectivity index (χ1n) is 23.5. The lowest BCUT2D eigenvalue weighted by Crippen LogP contribution is -2.34. The summed E-state index contributed by atoms with van der Waals surface area (Å²) in [6.45, 7) is 21.2. The van der Waals surface area contributed by atoms with Gasteiger partial charge in [0.1, 0.15) is 0 Å². The van der Waals surface area contributed by atoms with E-state index in [0.717, 1.165) is 50.1 Å². The molecule has 3 heteroatoms. The second-order valence-electron chi connectivity index (χ2n) is 20.5. The zero-order valence-electron chi connectivity index (χ0n) is 41.6. The molecule has 0 saturated carbocycles. The molecule has 0 unspecified atom stereocenters. The molecular formula is C66H60N3+3. The van der Waals surface area contributed by atoms with Crippen molar-refractivity contribution in [3.05, 3.63) is 231 Å². The number of hydrogen-bond donors (Lipinski definition) is 0. The van der Waals surface area contributed by atoms with Crippen LogP contribution in [0.5, 0.6) is 0 Å².